The molecule has 0 saturated carbocycles. The number of rotatable bonds is 5. The second kappa shape index (κ2) is 5.90. The van der Waals surface area contributed by atoms with Gasteiger partial charge in [0.2, 0.25) is 0 Å². The monoisotopic (exact) mass is 290 g/mol. The van der Waals surface area contributed by atoms with Gasteiger partial charge in [0.1, 0.15) is 11.9 Å². The van der Waals surface area contributed by atoms with Crippen molar-refractivity contribution in [3.05, 3.63) is 24.2 Å². The van der Waals surface area contributed by atoms with E-state index < -0.39 is 12.0 Å². The number of aromatic nitrogens is 3. The van der Waals surface area contributed by atoms with Gasteiger partial charge >= 0.3 is 5.97 Å². The van der Waals surface area contributed by atoms with E-state index in [0.29, 0.717) is 23.1 Å². The van der Waals surface area contributed by atoms with Crippen LogP contribution in [0.2, 0.25) is 0 Å². The molecular formula is C14H18N4O3. The van der Waals surface area contributed by atoms with Crippen molar-refractivity contribution < 1.29 is 14.4 Å². The molecule has 2 heterocycles. The van der Waals surface area contributed by atoms with Gasteiger partial charge < -0.3 is 14.5 Å². The molecule has 0 aliphatic heterocycles. The molecule has 21 heavy (non-hydrogen) atoms. The molecule has 1 N–H and O–H groups in total. The molecule has 112 valence electrons. The van der Waals surface area contributed by atoms with Gasteiger partial charge in [-0.25, -0.2) is 9.78 Å². The molecule has 7 heteroatoms. The number of pyridine rings is 1. The Hall–Kier alpha value is -2.44. The highest BCUT2D eigenvalue weighted by atomic mass is 16.5. The number of carboxylic acids is 1. The van der Waals surface area contributed by atoms with Gasteiger partial charge in [0, 0.05) is 24.7 Å². The maximum atomic E-state index is 11.0. The molecule has 0 fully saturated rings. The van der Waals surface area contributed by atoms with Crippen LogP contribution in [0, 0.1) is 0 Å². The summed E-state index contributed by atoms with van der Waals surface area (Å²) in [5.41, 5.74) is 0.712. The second-order valence-corrected chi connectivity index (χ2v) is 5.14. The van der Waals surface area contributed by atoms with Gasteiger partial charge in [-0.2, -0.15) is 4.98 Å². The average molecular weight is 290 g/mol. The minimum absolute atomic E-state index is 0.179. The van der Waals surface area contributed by atoms with Crippen molar-refractivity contribution in [1.29, 1.82) is 0 Å². The van der Waals surface area contributed by atoms with Gasteiger partial charge in [-0.1, -0.05) is 19.0 Å². The van der Waals surface area contributed by atoms with Crippen molar-refractivity contribution in [3.8, 4) is 11.5 Å². The van der Waals surface area contributed by atoms with E-state index >= 15 is 0 Å². The fraction of sp³-hybridized carbons (Fsp3) is 0.429. The fourth-order valence-corrected chi connectivity index (χ4v) is 1.70. The summed E-state index contributed by atoms with van der Waals surface area (Å²) in [5, 5.41) is 13.0. The Bertz CT molecular complexity index is 639. The number of anilines is 1. The Balaban J connectivity index is 2.30. The molecule has 2 aromatic heterocycles. The number of aliphatic carboxylic acids is 1. The molecule has 2 rings (SSSR count). The van der Waals surface area contributed by atoms with E-state index in [1.807, 2.05) is 13.8 Å². The largest absolute Gasteiger partial charge is 0.480 e. The third-order valence-electron chi connectivity index (χ3n) is 3.25. The Labute approximate surface area is 122 Å². The van der Waals surface area contributed by atoms with Crippen molar-refractivity contribution in [2.75, 3.05) is 11.9 Å². The number of carboxylic acid groups (broad SMARTS) is 1. The van der Waals surface area contributed by atoms with Gasteiger partial charge in [-0.3, -0.25) is 0 Å². The molecule has 7 nitrogen and oxygen atoms in total. The molecule has 0 aromatic carbocycles. The van der Waals surface area contributed by atoms with Gasteiger partial charge in [0.05, 0.1) is 0 Å². The summed E-state index contributed by atoms with van der Waals surface area (Å²) in [4.78, 5) is 21.1. The van der Waals surface area contributed by atoms with Crippen LogP contribution in [0.4, 0.5) is 5.82 Å². The van der Waals surface area contributed by atoms with Crippen LogP contribution in [0.3, 0.4) is 0 Å². The summed E-state index contributed by atoms with van der Waals surface area (Å²) in [5.74, 6) is 0.837. The normalized spacial score (nSPS) is 12.4. The minimum Gasteiger partial charge on any atom is -0.480 e. The summed E-state index contributed by atoms with van der Waals surface area (Å²) < 4.78 is 5.23. The summed E-state index contributed by atoms with van der Waals surface area (Å²) in [6.07, 6.45) is 1.59. The quantitative estimate of drug-likeness (QED) is 0.901. The molecule has 0 amide bonds. The zero-order valence-electron chi connectivity index (χ0n) is 12.4. The van der Waals surface area contributed by atoms with Crippen molar-refractivity contribution in [2.45, 2.75) is 32.7 Å². The lowest BCUT2D eigenvalue weighted by atomic mass is 10.2. The zero-order chi connectivity index (χ0) is 15.6. The molecular weight excluding hydrogens is 272 g/mol. The Morgan fingerprint density at radius 1 is 1.38 bits per heavy atom. The van der Waals surface area contributed by atoms with E-state index in [2.05, 4.69) is 15.1 Å². The van der Waals surface area contributed by atoms with E-state index in [4.69, 9.17) is 9.63 Å². The van der Waals surface area contributed by atoms with E-state index in [-0.39, 0.29) is 5.92 Å². The summed E-state index contributed by atoms with van der Waals surface area (Å²) in [7, 11) is 1.68. The molecule has 0 aliphatic carbocycles. The van der Waals surface area contributed by atoms with Crippen molar-refractivity contribution in [2.24, 2.45) is 0 Å². The molecule has 0 radical (unpaired) electrons. The smallest absolute Gasteiger partial charge is 0.326 e. The van der Waals surface area contributed by atoms with Crippen LogP contribution in [-0.4, -0.2) is 39.3 Å². The zero-order valence-corrected chi connectivity index (χ0v) is 12.4. The van der Waals surface area contributed by atoms with Gasteiger partial charge in [-0.05, 0) is 19.1 Å². The molecule has 2 aromatic rings. The lowest BCUT2D eigenvalue weighted by molar-refractivity contribution is -0.138. The number of hydrogen-bond acceptors (Lipinski definition) is 6. The Kier molecular flexibility index (Phi) is 4.21. The first-order valence-electron chi connectivity index (χ1n) is 6.65. The summed E-state index contributed by atoms with van der Waals surface area (Å²) in [6, 6.07) is 2.80. The van der Waals surface area contributed by atoms with Crippen molar-refractivity contribution in [1.82, 2.24) is 15.1 Å². The Morgan fingerprint density at radius 2 is 2.10 bits per heavy atom. The van der Waals surface area contributed by atoms with Crippen molar-refractivity contribution in [3.63, 3.8) is 0 Å². The molecule has 0 aliphatic rings. The van der Waals surface area contributed by atoms with Gasteiger partial charge in [0.15, 0.2) is 5.82 Å². The third kappa shape index (κ3) is 3.18. The average Bonchev–Trinajstić information content (AvgIpc) is 2.95. The number of hydrogen-bond donors (Lipinski definition) is 1. The number of likely N-dealkylation sites (N-methyl/N-ethyl adjacent to an activating group) is 1. The predicted molar refractivity (Wildman–Crippen MR) is 77.1 cm³/mol. The fourth-order valence-electron chi connectivity index (χ4n) is 1.70. The van der Waals surface area contributed by atoms with E-state index in [0.717, 1.165) is 0 Å². The van der Waals surface area contributed by atoms with Crippen molar-refractivity contribution >= 4 is 11.8 Å². The lowest BCUT2D eigenvalue weighted by Crippen LogP contribution is -2.36. The van der Waals surface area contributed by atoms with E-state index in [1.54, 1.807) is 37.2 Å². The standard InChI is InChI=1S/C14H18N4O3/c1-8(2)12-16-13(21-17-12)10-5-6-15-11(7-10)18(4)9(3)14(19)20/h5-9H,1-4H3,(H,19,20). The predicted octanol–water partition coefficient (Wildman–Crippen LogP) is 2.16. The van der Waals surface area contributed by atoms with Gasteiger partial charge in [-0.15, -0.1) is 0 Å². The van der Waals surface area contributed by atoms with Crippen LogP contribution in [0.15, 0.2) is 22.9 Å². The molecule has 0 bridgehead atoms. The van der Waals surface area contributed by atoms with E-state index in [9.17, 15) is 4.79 Å². The molecule has 1 atom stereocenters. The van der Waals surface area contributed by atoms with Gasteiger partial charge in [0.25, 0.3) is 5.89 Å². The van der Waals surface area contributed by atoms with Crippen LogP contribution in [0.1, 0.15) is 32.5 Å². The third-order valence-corrected chi connectivity index (χ3v) is 3.25. The van der Waals surface area contributed by atoms with Crippen LogP contribution < -0.4 is 4.90 Å². The number of carbonyl (C=O) groups is 1. The highest BCUT2D eigenvalue weighted by molar-refractivity contribution is 5.77. The molecule has 1 unspecified atom stereocenters. The first-order chi connectivity index (χ1) is 9.90. The SMILES string of the molecule is CC(C)c1noc(-c2ccnc(N(C)C(C)C(=O)O)c2)n1. The summed E-state index contributed by atoms with van der Waals surface area (Å²) >= 11 is 0. The maximum Gasteiger partial charge on any atom is 0.326 e. The molecule has 0 spiro atoms. The lowest BCUT2D eigenvalue weighted by Gasteiger charge is -2.22. The highest BCUT2D eigenvalue weighted by Gasteiger charge is 2.19. The minimum atomic E-state index is -0.912. The van der Waals surface area contributed by atoms with Crippen LogP contribution in [0.25, 0.3) is 11.5 Å². The Morgan fingerprint density at radius 3 is 2.67 bits per heavy atom. The van der Waals surface area contributed by atoms with Crippen LogP contribution >= 0.6 is 0 Å². The van der Waals surface area contributed by atoms with E-state index in [1.165, 1.54) is 0 Å². The maximum absolute atomic E-state index is 11.0. The van der Waals surface area contributed by atoms with Crippen LogP contribution in [0.5, 0.6) is 0 Å². The second-order valence-electron chi connectivity index (χ2n) is 5.14. The number of nitrogens with zero attached hydrogens (tertiary/aromatic N) is 4. The highest BCUT2D eigenvalue weighted by Crippen LogP contribution is 2.23. The first kappa shape index (κ1) is 15.0. The summed E-state index contributed by atoms with van der Waals surface area (Å²) in [6.45, 7) is 5.56. The van der Waals surface area contributed by atoms with Crippen LogP contribution in [-0.2, 0) is 4.79 Å². The topological polar surface area (TPSA) is 92.4 Å². The molecule has 0 saturated heterocycles. The first-order valence-corrected chi connectivity index (χ1v) is 6.65.